The van der Waals surface area contributed by atoms with Gasteiger partial charge in [-0.25, -0.2) is 9.97 Å². The van der Waals surface area contributed by atoms with Crippen molar-refractivity contribution >= 4 is 17.6 Å². The van der Waals surface area contributed by atoms with Gasteiger partial charge in [0, 0.05) is 29.9 Å². The van der Waals surface area contributed by atoms with Crippen LogP contribution in [-0.2, 0) is 11.3 Å². The van der Waals surface area contributed by atoms with Gasteiger partial charge in [0.2, 0.25) is 11.9 Å². The van der Waals surface area contributed by atoms with Crippen molar-refractivity contribution < 1.29 is 9.59 Å². The molecular weight excluding hydrogens is 354 g/mol. The summed E-state index contributed by atoms with van der Waals surface area (Å²) in [5.41, 5.74) is 4.57. The number of aryl methyl sites for hydroxylation is 3. The number of nitrogens with one attached hydrogen (secondary N) is 1. The van der Waals surface area contributed by atoms with Crippen LogP contribution in [0, 0.1) is 20.8 Å². The van der Waals surface area contributed by atoms with Gasteiger partial charge in [-0.15, -0.1) is 0 Å². The Morgan fingerprint density at radius 2 is 1.79 bits per heavy atom. The second-order valence-electron chi connectivity index (χ2n) is 6.71. The Hall–Kier alpha value is -3.35. The maximum absolute atomic E-state index is 12.4. The number of benzene rings is 1. The molecule has 3 rings (SSSR count). The summed E-state index contributed by atoms with van der Waals surface area (Å²) < 4.78 is 1.69. The first-order valence-electron chi connectivity index (χ1n) is 9.11. The normalized spacial score (nSPS) is 10.7. The van der Waals surface area contributed by atoms with E-state index in [1.807, 2.05) is 50.2 Å². The van der Waals surface area contributed by atoms with Gasteiger partial charge in [0.1, 0.15) is 0 Å². The van der Waals surface area contributed by atoms with Crippen LogP contribution in [0.2, 0.25) is 0 Å². The topological polar surface area (TPSA) is 89.8 Å². The van der Waals surface area contributed by atoms with E-state index in [0.717, 1.165) is 22.6 Å². The lowest BCUT2D eigenvalue weighted by atomic mass is 10.1. The molecule has 7 heteroatoms. The number of nitrogens with zero attached hydrogens (tertiary/aromatic N) is 4. The van der Waals surface area contributed by atoms with Crippen molar-refractivity contribution in [3.63, 3.8) is 0 Å². The Bertz CT molecular complexity index is 1020. The molecule has 0 aliphatic rings. The van der Waals surface area contributed by atoms with Gasteiger partial charge in [0.05, 0.1) is 17.0 Å². The molecule has 0 saturated heterocycles. The minimum absolute atomic E-state index is 0.0210. The van der Waals surface area contributed by atoms with Crippen LogP contribution in [0.15, 0.2) is 36.4 Å². The lowest BCUT2D eigenvalue weighted by Crippen LogP contribution is -2.17. The van der Waals surface area contributed by atoms with E-state index >= 15 is 0 Å². The van der Waals surface area contributed by atoms with E-state index in [-0.39, 0.29) is 24.1 Å². The van der Waals surface area contributed by atoms with Gasteiger partial charge in [-0.3, -0.25) is 19.6 Å². The number of aromatic nitrogens is 4. The first-order chi connectivity index (χ1) is 13.3. The standard InChI is InChI=1S/C21H23N5O2/c1-13-12-18(17-8-6-5-7-9-17)23-21(22-13)24-19(28)10-11-26-15(3)20(16(4)27)14(2)25-26/h5-9,12H,10-11H2,1-4H3,(H,22,23,24,28). The number of rotatable bonds is 6. The molecule has 0 fully saturated rings. The molecule has 7 nitrogen and oxygen atoms in total. The second-order valence-corrected chi connectivity index (χ2v) is 6.71. The first-order valence-corrected chi connectivity index (χ1v) is 9.11. The number of ketones is 1. The molecule has 0 aliphatic carbocycles. The van der Waals surface area contributed by atoms with Crippen molar-refractivity contribution in [3.05, 3.63) is 59.0 Å². The van der Waals surface area contributed by atoms with E-state index in [1.54, 1.807) is 11.6 Å². The number of carbonyl (C=O) groups is 2. The summed E-state index contributed by atoms with van der Waals surface area (Å²) in [6, 6.07) is 11.6. The van der Waals surface area contributed by atoms with Crippen molar-refractivity contribution in [2.45, 2.75) is 40.7 Å². The molecule has 28 heavy (non-hydrogen) atoms. The zero-order valence-electron chi connectivity index (χ0n) is 16.5. The van der Waals surface area contributed by atoms with Crippen LogP contribution in [0.3, 0.4) is 0 Å². The monoisotopic (exact) mass is 377 g/mol. The van der Waals surface area contributed by atoms with Gasteiger partial charge in [-0.1, -0.05) is 30.3 Å². The van der Waals surface area contributed by atoms with Gasteiger partial charge in [-0.2, -0.15) is 5.10 Å². The zero-order valence-corrected chi connectivity index (χ0v) is 16.5. The van der Waals surface area contributed by atoms with Crippen molar-refractivity contribution in [3.8, 4) is 11.3 Å². The van der Waals surface area contributed by atoms with Crippen LogP contribution >= 0.6 is 0 Å². The summed E-state index contributed by atoms with van der Waals surface area (Å²) in [5, 5.41) is 7.12. The predicted molar refractivity (Wildman–Crippen MR) is 107 cm³/mol. The summed E-state index contributed by atoms with van der Waals surface area (Å²) in [6.45, 7) is 7.40. The first kappa shape index (κ1) is 19.4. The van der Waals surface area contributed by atoms with E-state index in [1.165, 1.54) is 6.92 Å². The minimum Gasteiger partial charge on any atom is -0.294 e. The average molecular weight is 377 g/mol. The van der Waals surface area contributed by atoms with Crippen LogP contribution in [0.4, 0.5) is 5.95 Å². The summed E-state index contributed by atoms with van der Waals surface area (Å²) in [5.74, 6) is 0.0514. The van der Waals surface area contributed by atoms with Crippen molar-refractivity contribution in [2.24, 2.45) is 0 Å². The van der Waals surface area contributed by atoms with Crippen molar-refractivity contribution in [1.82, 2.24) is 19.7 Å². The number of hydrogen-bond donors (Lipinski definition) is 1. The largest absolute Gasteiger partial charge is 0.294 e. The molecule has 1 N–H and O–H groups in total. The third-order valence-corrected chi connectivity index (χ3v) is 4.46. The summed E-state index contributed by atoms with van der Waals surface area (Å²) in [7, 11) is 0. The molecule has 2 aromatic heterocycles. The molecule has 0 spiro atoms. The van der Waals surface area contributed by atoms with Gasteiger partial charge >= 0.3 is 0 Å². The van der Waals surface area contributed by atoms with Gasteiger partial charge in [0.25, 0.3) is 0 Å². The Kier molecular flexibility index (Phi) is 5.63. The lowest BCUT2D eigenvalue weighted by Gasteiger charge is -2.08. The molecule has 0 atom stereocenters. The Morgan fingerprint density at radius 1 is 1.07 bits per heavy atom. The molecule has 0 unspecified atom stereocenters. The second kappa shape index (κ2) is 8.12. The van der Waals surface area contributed by atoms with Gasteiger partial charge in [0.15, 0.2) is 5.78 Å². The number of Topliss-reactive ketones (excluding diaryl/α,β-unsaturated/α-hetero) is 1. The Morgan fingerprint density at radius 3 is 2.43 bits per heavy atom. The quantitative estimate of drug-likeness (QED) is 0.664. The smallest absolute Gasteiger partial charge is 0.230 e. The highest BCUT2D eigenvalue weighted by atomic mass is 16.1. The highest BCUT2D eigenvalue weighted by Gasteiger charge is 2.16. The zero-order chi connectivity index (χ0) is 20.3. The summed E-state index contributed by atoms with van der Waals surface area (Å²) in [6.07, 6.45) is 0.206. The maximum Gasteiger partial charge on any atom is 0.230 e. The molecule has 1 amide bonds. The molecule has 0 saturated carbocycles. The number of carbonyl (C=O) groups excluding carboxylic acids is 2. The summed E-state index contributed by atoms with van der Waals surface area (Å²) in [4.78, 5) is 32.8. The molecule has 3 aromatic rings. The van der Waals surface area contributed by atoms with E-state index in [4.69, 9.17) is 0 Å². The Labute approximate surface area is 163 Å². The molecule has 0 bridgehead atoms. The van der Waals surface area contributed by atoms with Crippen molar-refractivity contribution in [1.29, 1.82) is 0 Å². The van der Waals surface area contributed by atoms with Crippen molar-refractivity contribution in [2.75, 3.05) is 5.32 Å². The summed E-state index contributed by atoms with van der Waals surface area (Å²) >= 11 is 0. The SMILES string of the molecule is CC(=O)c1c(C)nn(CCC(=O)Nc2nc(C)cc(-c3ccccc3)n2)c1C. The fourth-order valence-corrected chi connectivity index (χ4v) is 3.20. The van der Waals surface area contributed by atoms with Crippen LogP contribution < -0.4 is 5.32 Å². The molecule has 1 aromatic carbocycles. The van der Waals surface area contributed by atoms with Crippen LogP contribution in [0.25, 0.3) is 11.3 Å². The molecule has 2 heterocycles. The molecule has 144 valence electrons. The third-order valence-electron chi connectivity index (χ3n) is 4.46. The van der Waals surface area contributed by atoms with E-state index in [0.29, 0.717) is 17.8 Å². The third kappa shape index (κ3) is 4.31. The molecule has 0 radical (unpaired) electrons. The lowest BCUT2D eigenvalue weighted by molar-refractivity contribution is -0.116. The fourth-order valence-electron chi connectivity index (χ4n) is 3.20. The number of hydrogen-bond acceptors (Lipinski definition) is 5. The minimum atomic E-state index is -0.207. The molecular formula is C21H23N5O2. The average Bonchev–Trinajstić information content (AvgIpc) is 2.94. The molecule has 0 aliphatic heterocycles. The Balaban J connectivity index is 1.70. The van der Waals surface area contributed by atoms with Crippen LogP contribution in [-0.4, -0.2) is 31.4 Å². The van der Waals surface area contributed by atoms with E-state index in [2.05, 4.69) is 20.4 Å². The highest BCUT2D eigenvalue weighted by molar-refractivity contribution is 5.96. The van der Waals surface area contributed by atoms with E-state index < -0.39 is 0 Å². The number of anilines is 1. The van der Waals surface area contributed by atoms with Gasteiger partial charge < -0.3 is 0 Å². The highest BCUT2D eigenvalue weighted by Crippen LogP contribution is 2.19. The fraction of sp³-hybridized carbons (Fsp3) is 0.286. The number of amides is 1. The van der Waals surface area contributed by atoms with E-state index in [9.17, 15) is 9.59 Å². The van der Waals surface area contributed by atoms with Gasteiger partial charge in [-0.05, 0) is 33.8 Å². The van der Waals surface area contributed by atoms with Crippen LogP contribution in [0.5, 0.6) is 0 Å². The predicted octanol–water partition coefficient (Wildman–Crippen LogP) is 3.50. The maximum atomic E-state index is 12.4. The van der Waals surface area contributed by atoms with Crippen LogP contribution in [0.1, 0.15) is 40.8 Å².